The number of hydrogen-bond acceptors (Lipinski definition) is 3. The lowest BCUT2D eigenvalue weighted by molar-refractivity contribution is 0.0990. The van der Waals surface area contributed by atoms with Crippen molar-refractivity contribution in [2.75, 3.05) is 11.4 Å². The van der Waals surface area contributed by atoms with Crippen molar-refractivity contribution in [2.45, 2.75) is 6.42 Å². The van der Waals surface area contributed by atoms with Crippen LogP contribution in [0.3, 0.4) is 0 Å². The minimum atomic E-state index is -0.477. The molecule has 0 atom stereocenters. The molecule has 0 saturated carbocycles. The van der Waals surface area contributed by atoms with Gasteiger partial charge >= 0.3 is 0 Å². The van der Waals surface area contributed by atoms with Crippen LogP contribution in [0.15, 0.2) is 40.2 Å². The Bertz CT molecular complexity index is 665. The van der Waals surface area contributed by atoms with Crippen LogP contribution in [-0.2, 0) is 0 Å². The number of carbonyl (C=O) groups excluding carboxylic acids is 1. The van der Waals surface area contributed by atoms with Gasteiger partial charge in [-0.15, -0.1) is 11.3 Å². The molecule has 0 fully saturated rings. The molecule has 6 heteroatoms. The highest BCUT2D eigenvalue weighted by Crippen LogP contribution is 2.26. The highest BCUT2D eigenvalue weighted by molar-refractivity contribution is 9.11. The van der Waals surface area contributed by atoms with Gasteiger partial charge in [0.25, 0.3) is 5.91 Å². The molecular formula is C14H10BrFN2OS. The van der Waals surface area contributed by atoms with Gasteiger partial charge in [-0.2, -0.15) is 5.26 Å². The summed E-state index contributed by atoms with van der Waals surface area (Å²) >= 11 is 4.57. The van der Waals surface area contributed by atoms with Crippen LogP contribution >= 0.6 is 27.3 Å². The number of para-hydroxylation sites is 1. The number of nitriles is 1. The molecule has 0 aliphatic rings. The molecule has 0 unspecified atom stereocenters. The van der Waals surface area contributed by atoms with Gasteiger partial charge in [-0.3, -0.25) is 4.79 Å². The molecular weight excluding hydrogens is 343 g/mol. The highest BCUT2D eigenvalue weighted by Gasteiger charge is 2.21. The minimum Gasteiger partial charge on any atom is -0.304 e. The second-order valence-electron chi connectivity index (χ2n) is 3.92. The van der Waals surface area contributed by atoms with Crippen LogP contribution in [0.5, 0.6) is 0 Å². The Morgan fingerprint density at radius 1 is 1.35 bits per heavy atom. The SMILES string of the molecule is N#CCCN(C(=O)c1ccc(Br)s1)c1ccccc1F. The van der Waals surface area contributed by atoms with Crippen molar-refractivity contribution in [3.8, 4) is 6.07 Å². The van der Waals surface area contributed by atoms with Crippen LogP contribution in [0.2, 0.25) is 0 Å². The summed E-state index contributed by atoms with van der Waals surface area (Å²) < 4.78 is 14.7. The Morgan fingerprint density at radius 2 is 2.10 bits per heavy atom. The Labute approximate surface area is 128 Å². The first-order valence-electron chi connectivity index (χ1n) is 5.82. The van der Waals surface area contributed by atoms with Gasteiger partial charge in [0, 0.05) is 6.54 Å². The standard InChI is InChI=1S/C14H10BrFN2OS/c15-13-7-6-12(20-13)14(19)18(9-3-8-17)11-5-2-1-4-10(11)16/h1-2,4-7H,3,9H2. The molecule has 1 aromatic carbocycles. The third-order valence-corrected chi connectivity index (χ3v) is 4.23. The van der Waals surface area contributed by atoms with Crippen molar-refractivity contribution < 1.29 is 9.18 Å². The zero-order chi connectivity index (χ0) is 14.5. The van der Waals surface area contributed by atoms with E-state index >= 15 is 0 Å². The number of benzene rings is 1. The molecule has 20 heavy (non-hydrogen) atoms. The summed E-state index contributed by atoms with van der Waals surface area (Å²) in [7, 11) is 0. The predicted molar refractivity (Wildman–Crippen MR) is 80.3 cm³/mol. The van der Waals surface area contributed by atoms with Crippen molar-refractivity contribution in [3.05, 3.63) is 50.9 Å². The topological polar surface area (TPSA) is 44.1 Å². The summed E-state index contributed by atoms with van der Waals surface area (Å²) in [5.74, 6) is -0.782. The Hall–Kier alpha value is -1.71. The largest absolute Gasteiger partial charge is 0.304 e. The molecule has 0 aliphatic heterocycles. The first-order chi connectivity index (χ1) is 9.63. The van der Waals surface area contributed by atoms with E-state index in [9.17, 15) is 9.18 Å². The number of nitrogens with zero attached hydrogens (tertiary/aromatic N) is 2. The molecule has 0 aliphatic carbocycles. The fourth-order valence-electron chi connectivity index (χ4n) is 1.73. The smallest absolute Gasteiger partial charge is 0.268 e. The van der Waals surface area contributed by atoms with Crippen molar-refractivity contribution in [2.24, 2.45) is 0 Å². The van der Waals surface area contributed by atoms with Crippen molar-refractivity contribution in [3.63, 3.8) is 0 Å². The van der Waals surface area contributed by atoms with Crippen molar-refractivity contribution in [1.29, 1.82) is 5.26 Å². The molecule has 102 valence electrons. The first-order valence-corrected chi connectivity index (χ1v) is 7.43. The van der Waals surface area contributed by atoms with E-state index in [0.717, 1.165) is 3.79 Å². The Kier molecular flexibility index (Phi) is 4.88. The molecule has 0 saturated heterocycles. The van der Waals surface area contributed by atoms with Crippen LogP contribution in [0.1, 0.15) is 16.1 Å². The molecule has 0 spiro atoms. The van der Waals surface area contributed by atoms with E-state index in [1.54, 1.807) is 24.3 Å². The van der Waals surface area contributed by atoms with Gasteiger partial charge in [-0.25, -0.2) is 4.39 Å². The zero-order valence-corrected chi connectivity index (χ0v) is 12.7. The number of carbonyl (C=O) groups is 1. The minimum absolute atomic E-state index is 0.145. The molecule has 1 amide bonds. The van der Waals surface area contributed by atoms with Crippen LogP contribution in [0.4, 0.5) is 10.1 Å². The monoisotopic (exact) mass is 352 g/mol. The summed E-state index contributed by atoms with van der Waals surface area (Å²) in [4.78, 5) is 14.3. The van der Waals surface area contributed by atoms with E-state index in [1.807, 2.05) is 6.07 Å². The molecule has 0 radical (unpaired) electrons. The van der Waals surface area contributed by atoms with Gasteiger partial charge in [-0.05, 0) is 40.2 Å². The fourth-order valence-corrected chi connectivity index (χ4v) is 3.06. The van der Waals surface area contributed by atoms with Crippen LogP contribution in [-0.4, -0.2) is 12.5 Å². The van der Waals surface area contributed by atoms with Gasteiger partial charge in [-0.1, -0.05) is 12.1 Å². The van der Waals surface area contributed by atoms with Gasteiger partial charge in [0.1, 0.15) is 5.82 Å². The van der Waals surface area contributed by atoms with Crippen LogP contribution in [0, 0.1) is 17.1 Å². The third-order valence-electron chi connectivity index (χ3n) is 2.62. The third kappa shape index (κ3) is 3.24. The van der Waals surface area contributed by atoms with Crippen molar-refractivity contribution >= 4 is 38.9 Å². The predicted octanol–water partition coefficient (Wildman–Crippen LogP) is 4.21. The summed E-state index contributed by atoms with van der Waals surface area (Å²) in [6.07, 6.45) is 0.145. The fraction of sp³-hybridized carbons (Fsp3) is 0.143. The van der Waals surface area contributed by atoms with E-state index in [1.165, 1.54) is 28.4 Å². The Balaban J connectivity index is 2.35. The number of halogens is 2. The number of rotatable bonds is 4. The number of amides is 1. The van der Waals surface area contributed by atoms with E-state index in [0.29, 0.717) is 4.88 Å². The Morgan fingerprint density at radius 3 is 2.70 bits per heavy atom. The second kappa shape index (κ2) is 6.64. The van der Waals surface area contributed by atoms with E-state index in [4.69, 9.17) is 5.26 Å². The highest BCUT2D eigenvalue weighted by atomic mass is 79.9. The van der Waals surface area contributed by atoms with Gasteiger partial charge in [0.2, 0.25) is 0 Å². The number of anilines is 1. The lowest BCUT2D eigenvalue weighted by atomic mass is 10.2. The molecule has 2 aromatic rings. The molecule has 1 heterocycles. The lowest BCUT2D eigenvalue weighted by Gasteiger charge is -2.21. The zero-order valence-electron chi connectivity index (χ0n) is 10.3. The molecule has 2 rings (SSSR count). The van der Waals surface area contributed by atoms with Crippen molar-refractivity contribution in [1.82, 2.24) is 0 Å². The van der Waals surface area contributed by atoms with E-state index in [2.05, 4.69) is 15.9 Å². The normalized spacial score (nSPS) is 10.1. The maximum Gasteiger partial charge on any atom is 0.268 e. The average Bonchev–Trinajstić information content (AvgIpc) is 2.87. The van der Waals surface area contributed by atoms with E-state index < -0.39 is 5.82 Å². The first kappa shape index (κ1) is 14.7. The second-order valence-corrected chi connectivity index (χ2v) is 6.38. The van der Waals surface area contributed by atoms with Gasteiger partial charge in [0.05, 0.1) is 26.8 Å². The molecule has 0 bridgehead atoms. The van der Waals surface area contributed by atoms with Gasteiger partial charge in [0.15, 0.2) is 0 Å². The molecule has 3 nitrogen and oxygen atoms in total. The summed E-state index contributed by atoms with van der Waals surface area (Å²) in [6, 6.07) is 11.5. The lowest BCUT2D eigenvalue weighted by Crippen LogP contribution is -2.32. The van der Waals surface area contributed by atoms with Crippen LogP contribution in [0.25, 0.3) is 0 Å². The van der Waals surface area contributed by atoms with Crippen LogP contribution < -0.4 is 4.90 Å². The summed E-state index contributed by atoms with van der Waals surface area (Å²) in [5.41, 5.74) is 0.192. The number of thiophene rings is 1. The molecule has 0 N–H and O–H groups in total. The van der Waals surface area contributed by atoms with Gasteiger partial charge < -0.3 is 4.90 Å². The summed E-state index contributed by atoms with van der Waals surface area (Å²) in [5, 5.41) is 8.70. The average molecular weight is 353 g/mol. The maximum absolute atomic E-state index is 13.9. The number of hydrogen-bond donors (Lipinski definition) is 0. The van der Waals surface area contributed by atoms with E-state index in [-0.39, 0.29) is 24.6 Å². The quantitative estimate of drug-likeness (QED) is 0.827. The molecule has 1 aromatic heterocycles. The maximum atomic E-state index is 13.9. The summed E-state index contributed by atoms with van der Waals surface area (Å²) in [6.45, 7) is 0.159.